The van der Waals surface area contributed by atoms with Gasteiger partial charge in [0.1, 0.15) is 29.3 Å². The molecule has 1 fully saturated rings. The van der Waals surface area contributed by atoms with Crippen molar-refractivity contribution in [1.82, 2.24) is 24.6 Å². The van der Waals surface area contributed by atoms with Gasteiger partial charge in [0.25, 0.3) is 0 Å². The number of para-hydroxylation sites is 1. The summed E-state index contributed by atoms with van der Waals surface area (Å²) in [6.45, 7) is 7.66. The number of esters is 1. The number of nitrogens with zero attached hydrogens (tertiary/aromatic N) is 4. The number of aliphatic hydroxyl groups excluding tert-OH is 1. The SMILES string of the molecule is CC[C@]1(COP(=O)(N[C@@H](C)C(=O)OC(C)C)Oc2ccccc2)O[C@@H](n2cnc3c(NC)nc(C)nc32)[C@H](F)[C@@H]1O. The fourth-order valence-electron chi connectivity index (χ4n) is 4.46. The molecule has 0 spiro atoms. The fraction of sp³-hybridized carbons (Fsp3) is 0.538. The van der Waals surface area contributed by atoms with Crippen molar-refractivity contribution in [2.45, 2.75) is 77.3 Å². The first-order chi connectivity index (χ1) is 19.4. The molecule has 3 heterocycles. The van der Waals surface area contributed by atoms with Crippen LogP contribution in [-0.4, -0.2) is 74.3 Å². The Morgan fingerprint density at radius 3 is 2.61 bits per heavy atom. The highest BCUT2D eigenvalue weighted by Gasteiger charge is 2.56. The van der Waals surface area contributed by atoms with E-state index in [4.69, 9.17) is 18.5 Å². The average Bonchev–Trinajstić information content (AvgIpc) is 3.46. The molecule has 13 nitrogen and oxygen atoms in total. The number of hydrogen-bond donors (Lipinski definition) is 3. The molecule has 1 saturated heterocycles. The molecule has 3 aromatic rings. The highest BCUT2D eigenvalue weighted by molar-refractivity contribution is 7.52. The fourth-order valence-corrected chi connectivity index (χ4v) is 6.01. The summed E-state index contributed by atoms with van der Waals surface area (Å²) in [4.78, 5) is 25.5. The van der Waals surface area contributed by atoms with E-state index in [9.17, 15) is 14.5 Å². The Hall–Kier alpha value is -3.16. The van der Waals surface area contributed by atoms with Crippen LogP contribution in [0.5, 0.6) is 5.75 Å². The molecule has 0 saturated carbocycles. The minimum atomic E-state index is -4.30. The Kier molecular flexibility index (Phi) is 9.29. The van der Waals surface area contributed by atoms with Crippen molar-refractivity contribution in [3.05, 3.63) is 42.5 Å². The van der Waals surface area contributed by atoms with Gasteiger partial charge in [-0.05, 0) is 46.2 Å². The van der Waals surface area contributed by atoms with E-state index < -0.39 is 56.6 Å². The lowest BCUT2D eigenvalue weighted by molar-refractivity contribution is -0.149. The first kappa shape index (κ1) is 30.8. The van der Waals surface area contributed by atoms with E-state index in [2.05, 4.69) is 25.4 Å². The second-order valence-electron chi connectivity index (χ2n) is 10.0. The van der Waals surface area contributed by atoms with E-state index in [1.54, 1.807) is 65.1 Å². The number of nitrogens with one attached hydrogen (secondary N) is 2. The summed E-state index contributed by atoms with van der Waals surface area (Å²) in [5.41, 5.74) is -0.916. The number of hydrogen-bond acceptors (Lipinski definition) is 11. The summed E-state index contributed by atoms with van der Waals surface area (Å²) in [5.74, 6) is 0.419. The van der Waals surface area contributed by atoms with Gasteiger partial charge in [0, 0.05) is 7.05 Å². The largest absolute Gasteiger partial charge is 0.462 e. The van der Waals surface area contributed by atoms with Gasteiger partial charge in [-0.15, -0.1) is 0 Å². The van der Waals surface area contributed by atoms with E-state index in [0.717, 1.165) is 0 Å². The van der Waals surface area contributed by atoms with Crippen LogP contribution in [0.25, 0.3) is 11.2 Å². The number of alkyl halides is 1. The van der Waals surface area contributed by atoms with Gasteiger partial charge < -0.3 is 24.4 Å². The van der Waals surface area contributed by atoms with Gasteiger partial charge in [0.15, 0.2) is 29.4 Å². The van der Waals surface area contributed by atoms with Crippen LogP contribution in [0.15, 0.2) is 36.7 Å². The van der Waals surface area contributed by atoms with Gasteiger partial charge in [-0.3, -0.25) is 13.9 Å². The predicted molar refractivity (Wildman–Crippen MR) is 148 cm³/mol. The van der Waals surface area contributed by atoms with E-state index in [-0.39, 0.29) is 12.2 Å². The molecular weight excluding hydrogens is 558 g/mol. The van der Waals surface area contributed by atoms with Crippen LogP contribution in [0.2, 0.25) is 0 Å². The lowest BCUT2D eigenvalue weighted by Gasteiger charge is -2.32. The zero-order valence-corrected chi connectivity index (χ0v) is 24.7. The molecule has 15 heteroatoms. The van der Waals surface area contributed by atoms with Crippen molar-refractivity contribution >= 4 is 30.7 Å². The minimum Gasteiger partial charge on any atom is -0.462 e. The number of aryl methyl sites for hydroxylation is 1. The number of halogens is 1. The molecule has 2 aromatic heterocycles. The molecule has 0 radical (unpaired) electrons. The van der Waals surface area contributed by atoms with Crippen LogP contribution in [0.4, 0.5) is 10.2 Å². The number of fused-ring (bicyclic) bond motifs is 1. The van der Waals surface area contributed by atoms with Crippen molar-refractivity contribution < 1.29 is 37.4 Å². The Morgan fingerprint density at radius 1 is 1.27 bits per heavy atom. The van der Waals surface area contributed by atoms with Crippen molar-refractivity contribution in [2.24, 2.45) is 0 Å². The maximum atomic E-state index is 15.7. The summed E-state index contributed by atoms with van der Waals surface area (Å²) in [5, 5.41) is 16.6. The molecule has 0 bridgehead atoms. The predicted octanol–water partition coefficient (Wildman–Crippen LogP) is 3.69. The van der Waals surface area contributed by atoms with Gasteiger partial charge in [0.05, 0.1) is 19.0 Å². The number of ether oxygens (including phenoxy) is 2. The quantitative estimate of drug-likeness (QED) is 0.207. The third kappa shape index (κ3) is 6.52. The number of aliphatic hydroxyl groups is 1. The van der Waals surface area contributed by atoms with E-state index in [1.165, 1.54) is 17.8 Å². The molecule has 1 aliphatic heterocycles. The first-order valence-corrected chi connectivity index (χ1v) is 14.8. The van der Waals surface area contributed by atoms with Crippen LogP contribution in [0.3, 0.4) is 0 Å². The topological polar surface area (TPSA) is 159 Å². The molecule has 1 aromatic carbocycles. The van der Waals surface area contributed by atoms with Crippen molar-refractivity contribution in [3.63, 3.8) is 0 Å². The molecule has 0 amide bonds. The normalized spacial score (nSPS) is 24.8. The van der Waals surface area contributed by atoms with Crippen LogP contribution in [0.1, 0.15) is 46.2 Å². The Bertz CT molecular complexity index is 1410. The van der Waals surface area contributed by atoms with Gasteiger partial charge >= 0.3 is 13.7 Å². The maximum absolute atomic E-state index is 15.7. The number of carbonyl (C=O) groups is 1. The van der Waals surface area contributed by atoms with E-state index in [0.29, 0.717) is 22.8 Å². The van der Waals surface area contributed by atoms with Gasteiger partial charge in [-0.1, -0.05) is 25.1 Å². The first-order valence-electron chi connectivity index (χ1n) is 13.3. The zero-order valence-electron chi connectivity index (χ0n) is 23.8. The highest BCUT2D eigenvalue weighted by atomic mass is 31.2. The summed E-state index contributed by atoms with van der Waals surface area (Å²) >= 11 is 0. The van der Waals surface area contributed by atoms with Crippen molar-refractivity contribution in [1.29, 1.82) is 0 Å². The number of aromatic nitrogens is 4. The van der Waals surface area contributed by atoms with Crippen molar-refractivity contribution in [3.8, 4) is 5.75 Å². The Morgan fingerprint density at radius 2 is 1.98 bits per heavy atom. The number of benzene rings is 1. The second-order valence-corrected chi connectivity index (χ2v) is 11.7. The number of carbonyl (C=O) groups excluding carboxylic acids is 1. The second kappa shape index (κ2) is 12.4. The van der Waals surface area contributed by atoms with E-state index >= 15 is 4.39 Å². The van der Waals surface area contributed by atoms with Gasteiger partial charge in [0.2, 0.25) is 0 Å². The summed E-state index contributed by atoms with van der Waals surface area (Å²) in [6.07, 6.45) is -3.85. The highest BCUT2D eigenvalue weighted by Crippen LogP contribution is 2.49. The van der Waals surface area contributed by atoms with Crippen LogP contribution in [0, 0.1) is 6.92 Å². The molecule has 0 aliphatic carbocycles. The monoisotopic (exact) mass is 594 g/mol. The number of imidazole rings is 1. The Labute approximate surface area is 237 Å². The molecule has 3 N–H and O–H groups in total. The molecule has 4 rings (SSSR count). The third-order valence-electron chi connectivity index (χ3n) is 6.62. The van der Waals surface area contributed by atoms with Crippen molar-refractivity contribution in [2.75, 3.05) is 19.0 Å². The maximum Gasteiger partial charge on any atom is 0.459 e. The molecule has 6 atom stereocenters. The number of rotatable bonds is 12. The summed E-state index contributed by atoms with van der Waals surface area (Å²) in [6, 6.07) is 7.13. The average molecular weight is 595 g/mol. The molecule has 1 aliphatic rings. The lowest BCUT2D eigenvalue weighted by Crippen LogP contribution is -2.46. The smallest absolute Gasteiger partial charge is 0.459 e. The van der Waals surface area contributed by atoms with E-state index in [1.807, 2.05) is 0 Å². The van der Waals surface area contributed by atoms with Crippen LogP contribution in [-0.2, 0) is 23.4 Å². The summed E-state index contributed by atoms with van der Waals surface area (Å²) in [7, 11) is -2.62. The standard InChI is InChI=1S/C26H36FN6O7P/c1-7-26(13-37-41(36,40-18-11-9-8-10-12-18)32-16(4)25(35)38-15(2)3)21(34)19(27)24(39-26)33-14-29-20-22(28-6)30-17(5)31-23(20)33/h8-12,14-16,19,21,24,34H,7,13H2,1-6H3,(H,32,36)(H,28,30,31)/t16-,19+,21-,24+,26+,41?/m0/s1. The molecular formula is C26H36FN6O7P. The molecule has 224 valence electrons. The minimum absolute atomic E-state index is 0.0871. The van der Waals surface area contributed by atoms with Gasteiger partial charge in [-0.2, -0.15) is 5.09 Å². The number of anilines is 1. The Balaban J connectivity index is 1.61. The zero-order chi connectivity index (χ0) is 29.9. The molecule has 41 heavy (non-hydrogen) atoms. The lowest BCUT2D eigenvalue weighted by atomic mass is 9.94. The molecule has 1 unspecified atom stereocenters. The van der Waals surface area contributed by atoms with Gasteiger partial charge in [-0.25, -0.2) is 23.9 Å². The van der Waals surface area contributed by atoms with Crippen LogP contribution >= 0.6 is 7.75 Å². The third-order valence-corrected chi connectivity index (χ3v) is 8.24. The van der Waals surface area contributed by atoms with Crippen LogP contribution < -0.4 is 14.9 Å². The summed E-state index contributed by atoms with van der Waals surface area (Å²) < 4.78 is 53.8.